The van der Waals surface area contributed by atoms with Crippen LogP contribution < -0.4 is 20.1 Å². The summed E-state index contributed by atoms with van der Waals surface area (Å²) in [5.74, 6) is 2.19. The molecule has 0 saturated carbocycles. The van der Waals surface area contributed by atoms with Gasteiger partial charge in [-0.15, -0.1) is 0 Å². The Kier molecular flexibility index (Phi) is 7.12. The molecular formula is C26H24N4O2S. The summed E-state index contributed by atoms with van der Waals surface area (Å²) in [4.78, 5) is 9.56. The van der Waals surface area contributed by atoms with Crippen LogP contribution in [0.3, 0.4) is 0 Å². The van der Waals surface area contributed by atoms with Gasteiger partial charge in [-0.1, -0.05) is 30.3 Å². The summed E-state index contributed by atoms with van der Waals surface area (Å²) < 4.78 is 10.5. The lowest BCUT2D eigenvalue weighted by molar-refractivity contribution is 0.415. The van der Waals surface area contributed by atoms with E-state index in [2.05, 4.69) is 27.8 Å². The van der Waals surface area contributed by atoms with E-state index in [1.54, 1.807) is 20.4 Å². The Morgan fingerprint density at radius 3 is 2.09 bits per heavy atom. The van der Waals surface area contributed by atoms with Crippen molar-refractivity contribution < 1.29 is 9.47 Å². The Morgan fingerprint density at radius 1 is 0.818 bits per heavy atom. The number of methoxy groups -OCH3 is 2. The van der Waals surface area contributed by atoms with E-state index in [9.17, 15) is 0 Å². The first-order valence-corrected chi connectivity index (χ1v) is 10.8. The molecule has 4 aromatic rings. The molecule has 33 heavy (non-hydrogen) atoms. The number of hydrogen-bond acceptors (Lipinski definition) is 5. The molecule has 166 valence electrons. The fraction of sp³-hybridized carbons (Fsp3) is 0.115. The minimum absolute atomic E-state index is 0.431. The van der Waals surface area contributed by atoms with Gasteiger partial charge in [0, 0.05) is 17.7 Å². The van der Waals surface area contributed by atoms with Crippen LogP contribution in [0.25, 0.3) is 11.3 Å². The molecule has 0 radical (unpaired) electrons. The molecule has 0 aliphatic heterocycles. The quantitative estimate of drug-likeness (QED) is 0.353. The van der Waals surface area contributed by atoms with Crippen molar-refractivity contribution in [2.75, 3.05) is 24.9 Å². The van der Waals surface area contributed by atoms with Gasteiger partial charge in [-0.3, -0.25) is 0 Å². The number of nitrogens with zero attached hydrogens (tertiary/aromatic N) is 2. The lowest BCUT2D eigenvalue weighted by Crippen LogP contribution is -2.21. The molecule has 0 fully saturated rings. The highest BCUT2D eigenvalue weighted by atomic mass is 32.1. The van der Waals surface area contributed by atoms with Crippen LogP contribution >= 0.6 is 12.2 Å². The zero-order valence-corrected chi connectivity index (χ0v) is 19.2. The van der Waals surface area contributed by atoms with Crippen molar-refractivity contribution in [3.8, 4) is 22.8 Å². The number of thiocarbonyl (C=S) groups is 1. The second-order valence-electron chi connectivity index (χ2n) is 7.25. The molecule has 0 spiro atoms. The Bertz CT molecular complexity index is 1210. The van der Waals surface area contributed by atoms with Gasteiger partial charge >= 0.3 is 0 Å². The molecule has 6 nitrogen and oxygen atoms in total. The van der Waals surface area contributed by atoms with Gasteiger partial charge in [-0.25, -0.2) is 9.97 Å². The van der Waals surface area contributed by atoms with Crippen molar-refractivity contribution in [1.29, 1.82) is 0 Å². The van der Waals surface area contributed by atoms with Gasteiger partial charge in [0.05, 0.1) is 31.8 Å². The number of aromatic nitrogens is 2. The average Bonchev–Trinajstić information content (AvgIpc) is 2.86. The molecule has 4 rings (SSSR count). The summed E-state index contributed by atoms with van der Waals surface area (Å²) in [7, 11) is 3.28. The molecule has 1 aromatic heterocycles. The molecule has 0 atom stereocenters. The maximum absolute atomic E-state index is 5.52. The fourth-order valence-corrected chi connectivity index (χ4v) is 3.50. The lowest BCUT2D eigenvalue weighted by atomic mass is 10.1. The summed E-state index contributed by atoms with van der Waals surface area (Å²) in [6, 6.07) is 25.5. The zero-order valence-electron chi connectivity index (χ0n) is 18.4. The van der Waals surface area contributed by atoms with Crippen LogP contribution in [0.2, 0.25) is 0 Å². The summed E-state index contributed by atoms with van der Waals surface area (Å²) in [5, 5.41) is 6.81. The first-order valence-electron chi connectivity index (χ1n) is 10.4. The van der Waals surface area contributed by atoms with Crippen LogP contribution in [0, 0.1) is 0 Å². The third kappa shape index (κ3) is 5.84. The third-order valence-corrected chi connectivity index (χ3v) is 5.23. The van der Waals surface area contributed by atoms with Crippen molar-refractivity contribution in [1.82, 2.24) is 9.97 Å². The van der Waals surface area contributed by atoms with E-state index < -0.39 is 0 Å². The molecule has 0 aliphatic carbocycles. The van der Waals surface area contributed by atoms with Gasteiger partial charge in [0.15, 0.2) is 10.9 Å². The SMILES string of the molecule is COc1ccc(NC(=S)Nc2ncc(-c3ccc(OC)cc3)nc2Cc2ccccc2)cc1. The molecule has 0 bridgehead atoms. The molecule has 0 unspecified atom stereocenters. The summed E-state index contributed by atoms with van der Waals surface area (Å²) in [5.41, 5.74) is 4.52. The molecule has 0 saturated heterocycles. The minimum Gasteiger partial charge on any atom is -0.497 e. The molecule has 0 amide bonds. The van der Waals surface area contributed by atoms with Crippen LogP contribution in [0.5, 0.6) is 11.5 Å². The molecule has 0 aliphatic rings. The van der Waals surface area contributed by atoms with Gasteiger partial charge in [0.1, 0.15) is 11.5 Å². The van der Waals surface area contributed by atoms with E-state index in [4.69, 9.17) is 26.7 Å². The first kappa shape index (κ1) is 22.2. The van der Waals surface area contributed by atoms with Crippen LogP contribution in [0.15, 0.2) is 85.1 Å². The number of benzene rings is 3. The highest BCUT2D eigenvalue weighted by molar-refractivity contribution is 7.80. The lowest BCUT2D eigenvalue weighted by Gasteiger charge is -2.14. The predicted molar refractivity (Wildman–Crippen MR) is 136 cm³/mol. The second-order valence-corrected chi connectivity index (χ2v) is 7.66. The van der Waals surface area contributed by atoms with E-state index in [0.717, 1.165) is 39.7 Å². The summed E-state index contributed by atoms with van der Waals surface area (Å²) >= 11 is 5.52. The monoisotopic (exact) mass is 456 g/mol. The molecule has 7 heteroatoms. The maximum Gasteiger partial charge on any atom is 0.176 e. The van der Waals surface area contributed by atoms with E-state index in [1.165, 1.54) is 0 Å². The number of hydrogen-bond donors (Lipinski definition) is 2. The number of nitrogens with one attached hydrogen (secondary N) is 2. The highest BCUT2D eigenvalue weighted by Crippen LogP contribution is 2.24. The van der Waals surface area contributed by atoms with Crippen molar-refractivity contribution in [2.24, 2.45) is 0 Å². The number of ether oxygens (including phenoxy) is 2. The average molecular weight is 457 g/mol. The smallest absolute Gasteiger partial charge is 0.176 e. The largest absolute Gasteiger partial charge is 0.497 e. The normalized spacial score (nSPS) is 10.4. The van der Waals surface area contributed by atoms with Crippen LogP contribution in [0.4, 0.5) is 11.5 Å². The van der Waals surface area contributed by atoms with E-state index >= 15 is 0 Å². The van der Waals surface area contributed by atoms with Crippen LogP contribution in [-0.2, 0) is 6.42 Å². The Labute approximate surface area is 198 Å². The van der Waals surface area contributed by atoms with Gasteiger partial charge in [-0.2, -0.15) is 0 Å². The zero-order chi connectivity index (χ0) is 23.0. The summed E-state index contributed by atoms with van der Waals surface area (Å²) in [6.45, 7) is 0. The predicted octanol–water partition coefficient (Wildman–Crippen LogP) is 5.56. The Hall–Kier alpha value is -3.97. The van der Waals surface area contributed by atoms with Gasteiger partial charge in [0.2, 0.25) is 0 Å². The Balaban J connectivity index is 1.58. The van der Waals surface area contributed by atoms with E-state index in [-0.39, 0.29) is 0 Å². The first-order chi connectivity index (χ1) is 16.1. The van der Waals surface area contributed by atoms with Crippen molar-refractivity contribution in [2.45, 2.75) is 6.42 Å². The topological polar surface area (TPSA) is 68.3 Å². The van der Waals surface area contributed by atoms with E-state index in [0.29, 0.717) is 17.4 Å². The Morgan fingerprint density at radius 2 is 1.45 bits per heavy atom. The van der Waals surface area contributed by atoms with E-state index in [1.807, 2.05) is 66.7 Å². The third-order valence-electron chi connectivity index (χ3n) is 5.02. The van der Waals surface area contributed by atoms with Gasteiger partial charge in [0.25, 0.3) is 0 Å². The highest BCUT2D eigenvalue weighted by Gasteiger charge is 2.12. The van der Waals surface area contributed by atoms with Gasteiger partial charge < -0.3 is 20.1 Å². The standard InChI is InChI=1S/C26H24N4O2S/c1-31-21-12-8-19(9-13-21)24-17-27-25(23(29-24)16-18-6-4-3-5-7-18)30-26(33)28-20-10-14-22(32-2)15-11-20/h3-15,17H,16H2,1-2H3,(H2,27,28,30,33). The second kappa shape index (κ2) is 10.6. The summed E-state index contributed by atoms with van der Waals surface area (Å²) in [6.07, 6.45) is 2.36. The van der Waals surface area contributed by atoms with Crippen LogP contribution in [-0.4, -0.2) is 29.3 Å². The minimum atomic E-state index is 0.431. The molecular weight excluding hydrogens is 432 g/mol. The van der Waals surface area contributed by atoms with Crippen molar-refractivity contribution >= 4 is 28.8 Å². The molecule has 2 N–H and O–H groups in total. The van der Waals surface area contributed by atoms with Crippen molar-refractivity contribution in [3.05, 3.63) is 96.3 Å². The van der Waals surface area contributed by atoms with Crippen molar-refractivity contribution in [3.63, 3.8) is 0 Å². The molecule has 3 aromatic carbocycles. The van der Waals surface area contributed by atoms with Gasteiger partial charge in [-0.05, 0) is 66.3 Å². The molecule has 1 heterocycles. The number of rotatable bonds is 7. The maximum atomic E-state index is 5.52. The van der Waals surface area contributed by atoms with Crippen LogP contribution in [0.1, 0.15) is 11.3 Å². The number of anilines is 2. The fourth-order valence-electron chi connectivity index (χ4n) is 3.29.